The molecule has 0 fully saturated rings. The second kappa shape index (κ2) is 7.00. The van der Waals surface area contributed by atoms with Crippen LogP contribution in [0.15, 0.2) is 70.0 Å². The number of carbonyl (C=O) groups excluding carboxylic acids is 1. The molecule has 1 unspecified atom stereocenters. The summed E-state index contributed by atoms with van der Waals surface area (Å²) in [7, 11) is 0. The van der Waals surface area contributed by atoms with Crippen molar-refractivity contribution in [1.29, 1.82) is 5.26 Å². The summed E-state index contributed by atoms with van der Waals surface area (Å²) in [6.07, 6.45) is 0.641. The van der Waals surface area contributed by atoms with E-state index in [0.29, 0.717) is 25.2 Å². The number of anilines is 1. The lowest BCUT2D eigenvalue weighted by molar-refractivity contribution is 0.213. The molecule has 2 amide bonds. The number of nitrogens with zero attached hydrogens (tertiary/aromatic N) is 4. The Morgan fingerprint density at radius 1 is 1.26 bits per heavy atom. The Morgan fingerprint density at radius 2 is 2.07 bits per heavy atom. The van der Waals surface area contributed by atoms with Gasteiger partial charge in [-0.2, -0.15) is 15.5 Å². The zero-order valence-corrected chi connectivity index (χ0v) is 14.4. The van der Waals surface area contributed by atoms with Crippen molar-refractivity contribution in [2.45, 2.75) is 12.5 Å². The fraction of sp³-hybridized carbons (Fsp3) is 0.200. The molecule has 0 saturated heterocycles. The van der Waals surface area contributed by atoms with Crippen molar-refractivity contribution in [2.75, 3.05) is 18.4 Å². The molecule has 2 aliphatic heterocycles. The number of benzene rings is 2. The molecule has 27 heavy (non-hydrogen) atoms. The van der Waals surface area contributed by atoms with Crippen molar-refractivity contribution < 1.29 is 9.18 Å². The minimum absolute atomic E-state index is 0.103. The van der Waals surface area contributed by atoms with Gasteiger partial charge in [0.1, 0.15) is 17.9 Å². The first kappa shape index (κ1) is 16.9. The van der Waals surface area contributed by atoms with E-state index in [0.717, 1.165) is 16.8 Å². The van der Waals surface area contributed by atoms with Gasteiger partial charge in [-0.25, -0.2) is 9.18 Å². The van der Waals surface area contributed by atoms with Gasteiger partial charge >= 0.3 is 6.03 Å². The lowest BCUT2D eigenvalue weighted by Gasteiger charge is -2.29. The Bertz CT molecular complexity index is 993. The monoisotopic (exact) mass is 361 g/mol. The molecular formula is C20H16FN5O. The second-order valence-corrected chi connectivity index (χ2v) is 6.41. The normalized spacial score (nSPS) is 18.2. The maximum atomic E-state index is 13.4. The Morgan fingerprint density at radius 3 is 2.85 bits per heavy atom. The summed E-state index contributed by atoms with van der Waals surface area (Å²) >= 11 is 0. The molecule has 0 spiro atoms. The molecule has 7 heteroatoms. The Balaban J connectivity index is 1.49. The quantitative estimate of drug-likeness (QED) is 0.860. The van der Waals surface area contributed by atoms with Crippen LogP contribution in [0, 0.1) is 17.1 Å². The number of hydrogen-bond acceptors (Lipinski definition) is 4. The molecule has 0 saturated carbocycles. The molecule has 0 aliphatic carbocycles. The van der Waals surface area contributed by atoms with Crippen molar-refractivity contribution in [3.8, 4) is 6.07 Å². The maximum Gasteiger partial charge on any atom is 0.322 e. The highest BCUT2D eigenvalue weighted by Crippen LogP contribution is 2.38. The van der Waals surface area contributed by atoms with Crippen LogP contribution in [0.2, 0.25) is 0 Å². The molecule has 1 N–H and O–H groups in total. The fourth-order valence-electron chi connectivity index (χ4n) is 3.30. The molecule has 0 aromatic heterocycles. The van der Waals surface area contributed by atoms with Crippen molar-refractivity contribution in [2.24, 2.45) is 10.2 Å². The summed E-state index contributed by atoms with van der Waals surface area (Å²) in [6.45, 7) is 0.956. The van der Waals surface area contributed by atoms with E-state index in [9.17, 15) is 9.18 Å². The largest absolute Gasteiger partial charge is 0.322 e. The highest BCUT2D eigenvalue weighted by molar-refractivity contribution is 5.89. The van der Waals surface area contributed by atoms with E-state index in [1.54, 1.807) is 11.0 Å². The topological polar surface area (TPSA) is 80.9 Å². The van der Waals surface area contributed by atoms with Crippen LogP contribution in [0.1, 0.15) is 23.6 Å². The van der Waals surface area contributed by atoms with Gasteiger partial charge in [-0.15, -0.1) is 0 Å². The van der Waals surface area contributed by atoms with Crippen LogP contribution >= 0.6 is 0 Å². The van der Waals surface area contributed by atoms with Gasteiger partial charge in [-0.3, -0.25) is 0 Å². The maximum absolute atomic E-state index is 13.4. The summed E-state index contributed by atoms with van der Waals surface area (Å²) < 4.78 is 13.4. The average Bonchev–Trinajstić information content (AvgIpc) is 3.13. The molecule has 134 valence electrons. The highest BCUT2D eigenvalue weighted by Gasteiger charge is 2.32. The zero-order valence-electron chi connectivity index (χ0n) is 14.4. The van der Waals surface area contributed by atoms with Gasteiger partial charge in [0.2, 0.25) is 0 Å². The molecule has 0 bridgehead atoms. The van der Waals surface area contributed by atoms with Crippen molar-refractivity contribution in [1.82, 2.24) is 4.90 Å². The summed E-state index contributed by atoms with van der Waals surface area (Å²) in [6, 6.07) is 15.1. The molecule has 0 radical (unpaired) electrons. The number of azo groups is 1. The van der Waals surface area contributed by atoms with Crippen molar-refractivity contribution in [3.05, 3.63) is 76.7 Å². The minimum Gasteiger partial charge on any atom is -0.320 e. The molecular weight excluding hydrogens is 345 g/mol. The van der Waals surface area contributed by atoms with Gasteiger partial charge in [0.15, 0.2) is 0 Å². The van der Waals surface area contributed by atoms with Gasteiger partial charge in [0, 0.05) is 30.8 Å². The first-order chi connectivity index (χ1) is 13.2. The van der Waals surface area contributed by atoms with Gasteiger partial charge < -0.3 is 10.2 Å². The zero-order chi connectivity index (χ0) is 18.8. The van der Waals surface area contributed by atoms with Crippen molar-refractivity contribution >= 4 is 11.7 Å². The standard InChI is InChI=1S/C20H16FN5O/c21-17-7-6-15(10-14(17)11-22)23-20(27)26-9-8-18-16(12-26)19(25-24-18)13-4-2-1-3-5-13/h1-7,10,19H,8-9,12H2,(H,23,27). The van der Waals surface area contributed by atoms with E-state index in [2.05, 4.69) is 15.5 Å². The molecule has 2 heterocycles. The van der Waals surface area contributed by atoms with E-state index in [-0.39, 0.29) is 17.6 Å². The summed E-state index contributed by atoms with van der Waals surface area (Å²) in [5.74, 6) is -0.608. The lowest BCUT2D eigenvalue weighted by Crippen LogP contribution is -2.40. The smallest absolute Gasteiger partial charge is 0.320 e. The number of halogens is 1. The van der Waals surface area contributed by atoms with Gasteiger partial charge in [-0.1, -0.05) is 30.3 Å². The van der Waals surface area contributed by atoms with E-state index in [4.69, 9.17) is 5.26 Å². The third-order valence-electron chi connectivity index (χ3n) is 4.71. The molecule has 2 aromatic rings. The van der Waals surface area contributed by atoms with Gasteiger partial charge in [-0.05, 0) is 23.8 Å². The Kier molecular flexibility index (Phi) is 4.38. The molecule has 6 nitrogen and oxygen atoms in total. The number of carbonyl (C=O) groups is 1. The number of hydrogen-bond donors (Lipinski definition) is 1. The number of urea groups is 1. The van der Waals surface area contributed by atoms with Crippen LogP contribution in [0.5, 0.6) is 0 Å². The molecule has 2 aromatic carbocycles. The van der Waals surface area contributed by atoms with Crippen molar-refractivity contribution in [3.63, 3.8) is 0 Å². The van der Waals surface area contributed by atoms with Gasteiger partial charge in [0.05, 0.1) is 11.3 Å². The first-order valence-electron chi connectivity index (χ1n) is 8.59. The van der Waals surface area contributed by atoms with E-state index in [1.807, 2.05) is 30.3 Å². The van der Waals surface area contributed by atoms with E-state index < -0.39 is 5.82 Å². The minimum atomic E-state index is -0.608. The number of nitrogens with one attached hydrogen (secondary N) is 1. The molecule has 1 atom stereocenters. The second-order valence-electron chi connectivity index (χ2n) is 6.41. The molecule has 2 aliphatic rings. The number of amides is 2. The Hall–Kier alpha value is -3.53. The van der Waals surface area contributed by atoms with E-state index in [1.165, 1.54) is 18.2 Å². The average molecular weight is 361 g/mol. The number of rotatable bonds is 2. The van der Waals surface area contributed by atoms with Crippen LogP contribution in [0.25, 0.3) is 0 Å². The SMILES string of the molecule is N#Cc1cc(NC(=O)N2CCC3=C(C2)C(c2ccccc2)N=N3)ccc1F. The van der Waals surface area contributed by atoms with Crippen LogP contribution in [-0.2, 0) is 0 Å². The highest BCUT2D eigenvalue weighted by atomic mass is 19.1. The Labute approximate surface area is 155 Å². The predicted molar refractivity (Wildman–Crippen MR) is 97.4 cm³/mol. The van der Waals surface area contributed by atoms with Crippen LogP contribution in [-0.4, -0.2) is 24.0 Å². The fourth-order valence-corrected chi connectivity index (χ4v) is 3.30. The van der Waals surface area contributed by atoms with Crippen LogP contribution < -0.4 is 5.32 Å². The van der Waals surface area contributed by atoms with Gasteiger partial charge in [0.25, 0.3) is 0 Å². The van der Waals surface area contributed by atoms with E-state index >= 15 is 0 Å². The predicted octanol–water partition coefficient (Wildman–Crippen LogP) is 4.40. The summed E-state index contributed by atoms with van der Waals surface area (Å²) in [4.78, 5) is 14.3. The first-order valence-corrected chi connectivity index (χ1v) is 8.59. The third-order valence-corrected chi connectivity index (χ3v) is 4.71. The lowest BCUT2D eigenvalue weighted by atomic mass is 9.95. The van der Waals surface area contributed by atoms with Crippen LogP contribution in [0.3, 0.4) is 0 Å². The molecule has 4 rings (SSSR count). The summed E-state index contributed by atoms with van der Waals surface area (Å²) in [5, 5.41) is 20.3. The van der Waals surface area contributed by atoms with Crippen LogP contribution in [0.4, 0.5) is 14.9 Å². The third kappa shape index (κ3) is 3.29. The summed E-state index contributed by atoms with van der Waals surface area (Å²) in [5.41, 5.74) is 3.30. The number of nitriles is 1.